The third-order valence-corrected chi connectivity index (χ3v) is 5.87. The molecule has 3 unspecified atom stereocenters. The number of esters is 2. The highest BCUT2D eigenvalue weighted by Gasteiger charge is 2.45. The predicted molar refractivity (Wildman–Crippen MR) is 126 cm³/mol. The fraction of sp³-hybridized carbons (Fsp3) is 0.615. The van der Waals surface area contributed by atoms with Crippen LogP contribution in [0.2, 0.25) is 0 Å². The Kier molecular flexibility index (Phi) is 11.6. The number of hydrogen-bond acceptors (Lipinski definition) is 6. The molecule has 1 rings (SSSR count). The quantitative estimate of drug-likeness (QED) is 0.309. The molecule has 7 heteroatoms. The van der Waals surface area contributed by atoms with Gasteiger partial charge in [0.2, 0.25) is 0 Å². The van der Waals surface area contributed by atoms with Gasteiger partial charge in [-0.2, -0.15) is 0 Å². The largest absolute Gasteiger partial charge is 0.481 e. The van der Waals surface area contributed by atoms with E-state index in [2.05, 4.69) is 18.7 Å². The van der Waals surface area contributed by atoms with Crippen molar-refractivity contribution in [2.24, 2.45) is 16.7 Å². The maximum Gasteiger partial charge on any atom is 0.312 e. The fourth-order valence-electron chi connectivity index (χ4n) is 3.91. The lowest BCUT2D eigenvalue weighted by Gasteiger charge is -2.34. The first-order valence-electron chi connectivity index (χ1n) is 11.6. The van der Waals surface area contributed by atoms with Crippen molar-refractivity contribution in [3.05, 3.63) is 42.8 Å². The van der Waals surface area contributed by atoms with E-state index in [-0.39, 0.29) is 26.1 Å². The summed E-state index contributed by atoms with van der Waals surface area (Å²) in [6.45, 7) is 18.0. The zero-order valence-electron chi connectivity index (χ0n) is 20.6. The van der Waals surface area contributed by atoms with E-state index in [1.807, 2.05) is 30.3 Å². The van der Waals surface area contributed by atoms with Crippen molar-refractivity contribution in [3.8, 4) is 0 Å². The average Bonchev–Trinajstić information content (AvgIpc) is 2.77. The van der Waals surface area contributed by atoms with Gasteiger partial charge < -0.3 is 19.5 Å². The standard InChI is InChI=1S/C26H39NO6/c1-7-27(8-2)15-12-16-32-22(28)20(3)17-26(6,23(29)30)19-25(4,5)24(31)33-18-21-13-10-9-11-14-21/h4,9-11,13-14,20H,7-8,12,15-19H2,1-3,5-6H3,(H,29,30). The Hall–Kier alpha value is -2.41. The van der Waals surface area contributed by atoms with Crippen LogP contribution >= 0.6 is 0 Å². The monoisotopic (exact) mass is 461 g/mol. The summed E-state index contributed by atoms with van der Waals surface area (Å²) < 4.78 is 10.7. The molecule has 33 heavy (non-hydrogen) atoms. The maximum absolute atomic E-state index is 12.6. The third kappa shape index (κ3) is 9.54. The van der Waals surface area contributed by atoms with E-state index >= 15 is 0 Å². The number of hydrogen-bond donors (Lipinski definition) is 1. The van der Waals surface area contributed by atoms with Gasteiger partial charge >= 0.3 is 17.9 Å². The Balaban J connectivity index is 2.67. The summed E-state index contributed by atoms with van der Waals surface area (Å²) in [6, 6.07) is 9.15. The van der Waals surface area contributed by atoms with E-state index in [4.69, 9.17) is 16.4 Å². The Labute approximate surface area is 198 Å². The Morgan fingerprint density at radius 1 is 1.09 bits per heavy atom. The van der Waals surface area contributed by atoms with Crippen molar-refractivity contribution in [1.29, 1.82) is 0 Å². The minimum atomic E-state index is -1.53. The van der Waals surface area contributed by atoms with Crippen LogP contribution in [0.5, 0.6) is 0 Å². The van der Waals surface area contributed by atoms with Crippen LogP contribution in [0.15, 0.2) is 30.3 Å². The second kappa shape index (κ2) is 13.3. The predicted octanol–water partition coefficient (Wildman–Crippen LogP) is 4.23. The molecule has 0 aliphatic heterocycles. The normalized spacial score (nSPS) is 14.4. The second-order valence-electron chi connectivity index (χ2n) is 9.17. The Bertz CT molecular complexity index is 759. The minimum absolute atomic E-state index is 0.00400. The van der Waals surface area contributed by atoms with E-state index in [9.17, 15) is 19.5 Å². The molecule has 0 heterocycles. The summed E-state index contributed by atoms with van der Waals surface area (Å²) in [5.74, 6) is -2.93. The van der Waals surface area contributed by atoms with Gasteiger partial charge in [0.15, 0.2) is 0 Å². The van der Waals surface area contributed by atoms with Gasteiger partial charge in [-0.25, -0.2) is 0 Å². The maximum atomic E-state index is 12.6. The van der Waals surface area contributed by atoms with Gasteiger partial charge in [-0.1, -0.05) is 51.1 Å². The highest BCUT2D eigenvalue weighted by atomic mass is 16.5. The molecule has 7 nitrogen and oxygen atoms in total. The smallest absolute Gasteiger partial charge is 0.312 e. The summed E-state index contributed by atoms with van der Waals surface area (Å²) in [5.41, 5.74) is -2.13. The zero-order valence-corrected chi connectivity index (χ0v) is 20.6. The Morgan fingerprint density at radius 3 is 2.24 bits per heavy atom. The van der Waals surface area contributed by atoms with Crippen molar-refractivity contribution < 1.29 is 29.0 Å². The molecule has 3 atom stereocenters. The van der Waals surface area contributed by atoms with E-state index < -0.39 is 34.7 Å². The molecule has 0 aliphatic carbocycles. The Morgan fingerprint density at radius 2 is 1.70 bits per heavy atom. The number of carbonyl (C=O) groups is 3. The number of aliphatic carboxylic acids is 1. The summed E-state index contributed by atoms with van der Waals surface area (Å²) in [4.78, 5) is 39.4. The van der Waals surface area contributed by atoms with Crippen LogP contribution in [0.4, 0.5) is 0 Å². The molecule has 0 saturated heterocycles. The van der Waals surface area contributed by atoms with Crippen LogP contribution in [-0.2, 0) is 30.5 Å². The van der Waals surface area contributed by atoms with Crippen LogP contribution in [0.1, 0.15) is 59.4 Å². The fourth-order valence-corrected chi connectivity index (χ4v) is 3.91. The van der Waals surface area contributed by atoms with E-state index in [1.54, 1.807) is 6.92 Å². The topological polar surface area (TPSA) is 93.1 Å². The SMILES string of the molecule is [CH]C(C)(CC(C)(CC(C)C(=O)OCCCN(CC)CC)C(=O)O)C(=O)OCc1ccccc1. The molecular formula is C26H39NO6. The summed E-state index contributed by atoms with van der Waals surface area (Å²) in [6.07, 6.45) is 0.531. The summed E-state index contributed by atoms with van der Waals surface area (Å²) in [7, 11) is 0. The molecule has 0 aliphatic rings. The van der Waals surface area contributed by atoms with Crippen LogP contribution in [0, 0.1) is 23.7 Å². The van der Waals surface area contributed by atoms with Crippen LogP contribution < -0.4 is 0 Å². The highest BCUT2D eigenvalue weighted by molar-refractivity contribution is 5.81. The van der Waals surface area contributed by atoms with Gasteiger partial charge in [0, 0.05) is 6.54 Å². The van der Waals surface area contributed by atoms with Crippen molar-refractivity contribution in [2.75, 3.05) is 26.2 Å². The molecule has 0 spiro atoms. The molecule has 2 radical (unpaired) electrons. The molecule has 1 N–H and O–H groups in total. The van der Waals surface area contributed by atoms with Crippen molar-refractivity contribution in [2.45, 2.75) is 60.5 Å². The van der Waals surface area contributed by atoms with Gasteiger partial charge in [-0.05, 0) is 58.7 Å². The van der Waals surface area contributed by atoms with Crippen molar-refractivity contribution in [3.63, 3.8) is 0 Å². The summed E-state index contributed by atoms with van der Waals surface area (Å²) in [5, 5.41) is 9.88. The molecule has 0 amide bonds. The van der Waals surface area contributed by atoms with E-state index in [1.165, 1.54) is 13.8 Å². The minimum Gasteiger partial charge on any atom is -0.481 e. The number of carboxylic acids is 1. The first-order chi connectivity index (χ1) is 15.4. The molecule has 1 aromatic rings. The number of nitrogens with zero attached hydrogens (tertiary/aromatic N) is 1. The van der Waals surface area contributed by atoms with Crippen molar-refractivity contribution in [1.82, 2.24) is 4.90 Å². The second-order valence-corrected chi connectivity index (χ2v) is 9.17. The highest BCUT2D eigenvalue weighted by Crippen LogP contribution is 2.40. The van der Waals surface area contributed by atoms with Gasteiger partial charge in [-0.3, -0.25) is 14.4 Å². The lowest BCUT2D eigenvalue weighted by Crippen LogP contribution is -2.40. The molecule has 0 bridgehead atoms. The third-order valence-electron chi connectivity index (χ3n) is 5.87. The van der Waals surface area contributed by atoms with Gasteiger partial charge in [0.25, 0.3) is 0 Å². The average molecular weight is 462 g/mol. The first kappa shape index (κ1) is 28.6. The lowest BCUT2D eigenvalue weighted by molar-refractivity contribution is -0.160. The molecule has 184 valence electrons. The van der Waals surface area contributed by atoms with Crippen LogP contribution in [-0.4, -0.2) is 54.2 Å². The lowest BCUT2D eigenvalue weighted by atomic mass is 9.70. The molecule has 0 aromatic heterocycles. The van der Waals surface area contributed by atoms with Crippen LogP contribution in [0.3, 0.4) is 0 Å². The number of benzene rings is 1. The molecular weight excluding hydrogens is 422 g/mol. The summed E-state index contributed by atoms with van der Waals surface area (Å²) >= 11 is 0. The van der Waals surface area contributed by atoms with E-state index in [0.717, 1.165) is 25.2 Å². The van der Waals surface area contributed by atoms with Crippen molar-refractivity contribution >= 4 is 17.9 Å². The first-order valence-corrected chi connectivity index (χ1v) is 11.6. The zero-order chi connectivity index (χ0) is 25.1. The number of ether oxygens (including phenoxy) is 2. The van der Waals surface area contributed by atoms with Gasteiger partial charge in [-0.15, -0.1) is 0 Å². The number of carbonyl (C=O) groups excluding carboxylic acids is 2. The van der Waals surface area contributed by atoms with E-state index in [0.29, 0.717) is 6.42 Å². The number of carboxylic acid groups (broad SMARTS) is 1. The van der Waals surface area contributed by atoms with Gasteiger partial charge in [0.05, 0.1) is 23.4 Å². The van der Waals surface area contributed by atoms with Crippen LogP contribution in [0.25, 0.3) is 0 Å². The molecule has 0 saturated carbocycles. The number of rotatable bonds is 15. The van der Waals surface area contributed by atoms with Gasteiger partial charge in [0.1, 0.15) is 6.61 Å². The molecule has 0 fully saturated rings. The molecule has 1 aromatic carbocycles.